The summed E-state index contributed by atoms with van der Waals surface area (Å²) >= 11 is 0. The van der Waals surface area contributed by atoms with Crippen LogP contribution in [0, 0.1) is 6.92 Å². The molecule has 1 heteroatoms. The lowest BCUT2D eigenvalue weighted by atomic mass is 10.1. The van der Waals surface area contributed by atoms with E-state index in [1.807, 2.05) is 67.6 Å². The summed E-state index contributed by atoms with van der Waals surface area (Å²) in [6, 6.07) is 17.9. The van der Waals surface area contributed by atoms with Crippen LogP contribution in [-0.2, 0) is 0 Å². The van der Waals surface area contributed by atoms with Crippen molar-refractivity contribution in [1.29, 1.82) is 0 Å². The summed E-state index contributed by atoms with van der Waals surface area (Å²) in [6.07, 6.45) is 3.20. The van der Waals surface area contributed by atoms with Gasteiger partial charge in [0, 0.05) is 0 Å². The Labute approximate surface area is 102 Å². The van der Waals surface area contributed by atoms with Crippen LogP contribution in [0.1, 0.15) is 22.8 Å². The van der Waals surface area contributed by atoms with Crippen molar-refractivity contribution >= 4 is 6.08 Å². The smallest absolute Gasteiger partial charge is 0.0975 e. The summed E-state index contributed by atoms with van der Waals surface area (Å²) in [4.78, 5) is 0. The molecule has 0 saturated carbocycles. The Morgan fingerprint density at radius 2 is 1.59 bits per heavy atom. The van der Waals surface area contributed by atoms with Gasteiger partial charge in [0.05, 0.1) is 6.10 Å². The molecule has 0 bridgehead atoms. The summed E-state index contributed by atoms with van der Waals surface area (Å²) in [5.74, 6) is 0. The minimum Gasteiger partial charge on any atom is -0.384 e. The van der Waals surface area contributed by atoms with Crippen LogP contribution in [0.2, 0.25) is 0 Å². The molecule has 0 saturated heterocycles. The minimum atomic E-state index is -0.546. The van der Waals surface area contributed by atoms with Gasteiger partial charge in [-0.2, -0.15) is 0 Å². The van der Waals surface area contributed by atoms with Gasteiger partial charge >= 0.3 is 0 Å². The Morgan fingerprint density at radius 1 is 0.941 bits per heavy atom. The van der Waals surface area contributed by atoms with Crippen molar-refractivity contribution in [3.05, 3.63) is 77.4 Å². The first-order valence-electron chi connectivity index (χ1n) is 5.73. The molecule has 1 atom stereocenters. The third-order valence-corrected chi connectivity index (χ3v) is 2.69. The van der Waals surface area contributed by atoms with Crippen molar-refractivity contribution in [2.24, 2.45) is 0 Å². The van der Waals surface area contributed by atoms with Crippen LogP contribution in [0.25, 0.3) is 6.08 Å². The summed E-state index contributed by atoms with van der Waals surface area (Å²) in [7, 11) is 0. The lowest BCUT2D eigenvalue weighted by Crippen LogP contribution is -1.92. The van der Waals surface area contributed by atoms with E-state index in [9.17, 15) is 5.11 Å². The average Bonchev–Trinajstić information content (AvgIpc) is 2.38. The second-order valence-corrected chi connectivity index (χ2v) is 4.13. The van der Waals surface area contributed by atoms with Crippen LogP contribution in [0.15, 0.2) is 60.7 Å². The zero-order valence-corrected chi connectivity index (χ0v) is 9.88. The van der Waals surface area contributed by atoms with E-state index in [4.69, 9.17) is 0 Å². The molecule has 1 unspecified atom stereocenters. The van der Waals surface area contributed by atoms with Gasteiger partial charge in [-0.15, -0.1) is 0 Å². The van der Waals surface area contributed by atoms with Crippen LogP contribution in [0.3, 0.4) is 0 Å². The third-order valence-electron chi connectivity index (χ3n) is 2.69. The van der Waals surface area contributed by atoms with Crippen LogP contribution in [-0.4, -0.2) is 5.11 Å². The van der Waals surface area contributed by atoms with Gasteiger partial charge < -0.3 is 5.11 Å². The second-order valence-electron chi connectivity index (χ2n) is 4.13. The Balaban J connectivity index is 2.09. The highest BCUT2D eigenvalue weighted by Gasteiger charge is 2.01. The van der Waals surface area contributed by atoms with Crippen molar-refractivity contribution in [2.75, 3.05) is 0 Å². The Hall–Kier alpha value is -1.86. The summed E-state index contributed by atoms with van der Waals surface area (Å²) in [5, 5.41) is 9.99. The topological polar surface area (TPSA) is 20.2 Å². The molecule has 0 aliphatic heterocycles. The third kappa shape index (κ3) is 3.30. The van der Waals surface area contributed by atoms with Gasteiger partial charge in [-0.05, 0) is 18.1 Å². The fraction of sp³-hybridized carbons (Fsp3) is 0.125. The molecular formula is C16H16O. The first-order valence-corrected chi connectivity index (χ1v) is 5.73. The molecule has 2 rings (SSSR count). The molecule has 86 valence electrons. The van der Waals surface area contributed by atoms with E-state index in [0.29, 0.717) is 0 Å². The summed E-state index contributed by atoms with van der Waals surface area (Å²) in [5.41, 5.74) is 3.22. The van der Waals surface area contributed by atoms with Crippen LogP contribution >= 0.6 is 0 Å². The van der Waals surface area contributed by atoms with Gasteiger partial charge in [0.15, 0.2) is 0 Å². The maximum Gasteiger partial charge on any atom is 0.0975 e. The number of hydrogen-bond donors (Lipinski definition) is 1. The molecule has 0 aliphatic rings. The van der Waals surface area contributed by atoms with E-state index in [-0.39, 0.29) is 0 Å². The minimum absolute atomic E-state index is 0.546. The number of aliphatic hydroxyl groups is 1. The normalized spacial score (nSPS) is 12.8. The van der Waals surface area contributed by atoms with E-state index < -0.39 is 6.10 Å². The average molecular weight is 224 g/mol. The molecule has 0 aromatic heterocycles. The lowest BCUT2D eigenvalue weighted by Gasteiger charge is -2.06. The van der Waals surface area contributed by atoms with Crippen molar-refractivity contribution < 1.29 is 5.11 Å². The molecule has 0 fully saturated rings. The highest BCUT2D eigenvalue weighted by Crippen LogP contribution is 2.16. The SMILES string of the molecule is Cc1ccc(C(O)C=Cc2ccccc2)cc1. The fourth-order valence-corrected chi connectivity index (χ4v) is 1.64. The molecule has 2 aromatic rings. The van der Waals surface area contributed by atoms with E-state index in [1.54, 1.807) is 6.08 Å². The predicted octanol–water partition coefficient (Wildman–Crippen LogP) is 3.74. The van der Waals surface area contributed by atoms with Crippen molar-refractivity contribution in [3.63, 3.8) is 0 Å². The van der Waals surface area contributed by atoms with Crippen molar-refractivity contribution in [2.45, 2.75) is 13.0 Å². The molecule has 1 nitrogen and oxygen atoms in total. The maximum atomic E-state index is 9.99. The molecule has 0 spiro atoms. The Bertz CT molecular complexity index is 483. The summed E-state index contributed by atoms with van der Waals surface area (Å²) < 4.78 is 0. The summed E-state index contributed by atoms with van der Waals surface area (Å²) in [6.45, 7) is 2.04. The number of hydrogen-bond acceptors (Lipinski definition) is 1. The zero-order valence-electron chi connectivity index (χ0n) is 9.88. The number of benzene rings is 2. The number of rotatable bonds is 3. The second kappa shape index (κ2) is 5.46. The molecule has 0 aliphatic carbocycles. The molecule has 0 amide bonds. The van der Waals surface area contributed by atoms with Crippen LogP contribution in [0.4, 0.5) is 0 Å². The highest BCUT2D eigenvalue weighted by molar-refractivity contribution is 5.50. The first kappa shape index (κ1) is 11.6. The first-order chi connectivity index (χ1) is 8.25. The van der Waals surface area contributed by atoms with E-state index in [2.05, 4.69) is 0 Å². The quantitative estimate of drug-likeness (QED) is 0.842. The zero-order chi connectivity index (χ0) is 12.1. The van der Waals surface area contributed by atoms with Crippen LogP contribution in [0.5, 0.6) is 0 Å². The molecule has 0 heterocycles. The molecule has 1 N–H and O–H groups in total. The highest BCUT2D eigenvalue weighted by atomic mass is 16.3. The van der Waals surface area contributed by atoms with Crippen LogP contribution < -0.4 is 0 Å². The lowest BCUT2D eigenvalue weighted by molar-refractivity contribution is 0.229. The van der Waals surface area contributed by atoms with Gasteiger partial charge in [-0.3, -0.25) is 0 Å². The van der Waals surface area contributed by atoms with E-state index in [1.165, 1.54) is 5.56 Å². The monoisotopic (exact) mass is 224 g/mol. The Morgan fingerprint density at radius 3 is 2.24 bits per heavy atom. The fourth-order valence-electron chi connectivity index (χ4n) is 1.64. The largest absolute Gasteiger partial charge is 0.384 e. The van der Waals surface area contributed by atoms with Crippen molar-refractivity contribution in [3.8, 4) is 0 Å². The molecule has 2 aromatic carbocycles. The van der Waals surface area contributed by atoms with E-state index in [0.717, 1.165) is 11.1 Å². The van der Waals surface area contributed by atoms with Gasteiger partial charge in [-0.25, -0.2) is 0 Å². The maximum absolute atomic E-state index is 9.99. The van der Waals surface area contributed by atoms with Gasteiger partial charge in [0.25, 0.3) is 0 Å². The number of aliphatic hydroxyl groups excluding tert-OH is 1. The Kier molecular flexibility index (Phi) is 3.73. The molecule has 0 radical (unpaired) electrons. The number of aryl methyl sites for hydroxylation is 1. The van der Waals surface area contributed by atoms with Gasteiger partial charge in [0.1, 0.15) is 0 Å². The van der Waals surface area contributed by atoms with Gasteiger partial charge in [-0.1, -0.05) is 72.3 Å². The molecular weight excluding hydrogens is 208 g/mol. The standard InChI is InChI=1S/C16H16O/c1-13-7-10-15(11-8-13)16(17)12-9-14-5-3-2-4-6-14/h2-12,16-17H,1H3. The van der Waals surface area contributed by atoms with Crippen molar-refractivity contribution in [1.82, 2.24) is 0 Å². The van der Waals surface area contributed by atoms with E-state index >= 15 is 0 Å². The van der Waals surface area contributed by atoms with Gasteiger partial charge in [0.2, 0.25) is 0 Å². The predicted molar refractivity (Wildman–Crippen MR) is 71.6 cm³/mol. The molecule has 17 heavy (non-hydrogen) atoms.